The maximum Gasteiger partial charge on any atom is 0.132 e. The number of H-pyrrole nitrogens is 1. The normalized spacial score (nSPS) is 21.5. The first-order chi connectivity index (χ1) is 12.2. The molecule has 3 nitrogen and oxygen atoms in total. The average Bonchev–Trinajstić information content (AvgIpc) is 3.07. The topological polar surface area (TPSA) is 48.0 Å². The Hall–Kier alpha value is -2.04. The second kappa shape index (κ2) is 5.73. The minimum absolute atomic E-state index is 0.119. The Morgan fingerprint density at radius 3 is 2.65 bits per heavy atom. The van der Waals surface area contributed by atoms with E-state index >= 15 is 0 Å². The number of nitrogens with one attached hydrogen (secondary N) is 2. The summed E-state index contributed by atoms with van der Waals surface area (Å²) in [6, 6.07) is 6.98. The van der Waals surface area contributed by atoms with Gasteiger partial charge in [0.05, 0.1) is 22.2 Å². The molecule has 26 heavy (non-hydrogen) atoms. The molecule has 0 bridgehead atoms. The maximum atomic E-state index is 14.1. The predicted molar refractivity (Wildman–Crippen MR) is 106 cm³/mol. The van der Waals surface area contributed by atoms with E-state index in [1.54, 1.807) is 18.3 Å². The molecule has 2 aromatic carbocycles. The molecule has 0 aliphatic carbocycles. The van der Waals surface area contributed by atoms with E-state index in [4.69, 9.17) is 11.6 Å². The fourth-order valence-corrected chi connectivity index (χ4v) is 4.56. The standard InChI is InChI=1S/C21H22ClFN2O/c1-10-9-14(12-5-6-15(23)13-7-8-24-19(12)13)17(22)16-11(2)20(26)21(3,4)25-18(10)16/h5-9,11,20,24-26H,1-4H3/t11-,20+/m0/s1. The number of aliphatic hydroxyl groups excluding tert-OH is 1. The second-order valence-electron chi connectivity index (χ2n) is 7.79. The van der Waals surface area contributed by atoms with Gasteiger partial charge in [0.25, 0.3) is 0 Å². The number of hydrogen-bond donors (Lipinski definition) is 3. The quantitative estimate of drug-likeness (QED) is 0.520. The summed E-state index contributed by atoms with van der Waals surface area (Å²) in [4.78, 5) is 3.12. The van der Waals surface area contributed by atoms with Gasteiger partial charge in [-0.05, 0) is 50.6 Å². The molecule has 3 N–H and O–H groups in total. The molecular weight excluding hydrogens is 351 g/mol. The monoisotopic (exact) mass is 372 g/mol. The van der Waals surface area contributed by atoms with Gasteiger partial charge in [0, 0.05) is 39.9 Å². The van der Waals surface area contributed by atoms with Crippen LogP contribution >= 0.6 is 11.6 Å². The van der Waals surface area contributed by atoms with Gasteiger partial charge < -0.3 is 15.4 Å². The van der Waals surface area contributed by atoms with Crippen LogP contribution in [0.1, 0.15) is 37.8 Å². The summed E-state index contributed by atoms with van der Waals surface area (Å²) in [6.45, 7) is 8.00. The highest BCUT2D eigenvalue weighted by atomic mass is 35.5. The smallest absolute Gasteiger partial charge is 0.132 e. The minimum atomic E-state index is -0.569. The van der Waals surface area contributed by atoms with Gasteiger partial charge in [-0.1, -0.05) is 18.5 Å². The summed E-state index contributed by atoms with van der Waals surface area (Å²) < 4.78 is 14.1. The highest BCUT2D eigenvalue weighted by Crippen LogP contribution is 2.48. The molecule has 0 unspecified atom stereocenters. The van der Waals surface area contributed by atoms with Crippen molar-refractivity contribution in [2.24, 2.45) is 0 Å². The molecule has 0 saturated heterocycles. The molecule has 0 spiro atoms. The van der Waals surface area contributed by atoms with Crippen LogP contribution in [-0.2, 0) is 0 Å². The van der Waals surface area contributed by atoms with Crippen LogP contribution in [0.15, 0.2) is 30.5 Å². The average molecular weight is 373 g/mol. The molecule has 0 amide bonds. The van der Waals surface area contributed by atoms with Crippen molar-refractivity contribution in [3.05, 3.63) is 52.4 Å². The zero-order valence-electron chi connectivity index (χ0n) is 15.2. The lowest BCUT2D eigenvalue weighted by molar-refractivity contribution is 0.0869. The van der Waals surface area contributed by atoms with Crippen molar-refractivity contribution in [3.8, 4) is 11.1 Å². The zero-order chi connectivity index (χ0) is 18.8. The first-order valence-corrected chi connectivity index (χ1v) is 9.15. The number of fused-ring (bicyclic) bond motifs is 2. The lowest BCUT2D eigenvalue weighted by atomic mass is 9.77. The number of hydrogen-bond acceptors (Lipinski definition) is 2. The van der Waals surface area contributed by atoms with Crippen molar-refractivity contribution in [1.82, 2.24) is 4.98 Å². The number of aromatic amines is 1. The van der Waals surface area contributed by atoms with Crippen molar-refractivity contribution in [2.45, 2.75) is 45.3 Å². The Kier molecular flexibility index (Phi) is 3.83. The predicted octanol–water partition coefficient (Wildman–Crippen LogP) is 5.60. The van der Waals surface area contributed by atoms with Gasteiger partial charge in [0.2, 0.25) is 0 Å². The molecule has 2 heterocycles. The molecule has 1 aliphatic heterocycles. The molecule has 5 heteroatoms. The van der Waals surface area contributed by atoms with Crippen LogP contribution in [-0.4, -0.2) is 21.7 Å². The zero-order valence-corrected chi connectivity index (χ0v) is 16.0. The van der Waals surface area contributed by atoms with Crippen LogP contribution in [0.4, 0.5) is 10.1 Å². The van der Waals surface area contributed by atoms with Crippen LogP contribution in [0.2, 0.25) is 5.02 Å². The number of aryl methyl sites for hydroxylation is 1. The highest BCUT2D eigenvalue weighted by molar-refractivity contribution is 6.35. The fourth-order valence-electron chi connectivity index (χ4n) is 4.13. The van der Waals surface area contributed by atoms with Gasteiger partial charge in [-0.3, -0.25) is 0 Å². The molecule has 0 radical (unpaired) electrons. The van der Waals surface area contributed by atoms with Crippen molar-refractivity contribution in [1.29, 1.82) is 0 Å². The van der Waals surface area contributed by atoms with E-state index in [9.17, 15) is 9.50 Å². The molecule has 4 rings (SSSR count). The third kappa shape index (κ3) is 2.36. The first kappa shape index (κ1) is 17.4. The number of rotatable bonds is 1. The van der Waals surface area contributed by atoms with Crippen molar-refractivity contribution < 1.29 is 9.50 Å². The largest absolute Gasteiger partial charge is 0.390 e. The third-order valence-electron chi connectivity index (χ3n) is 5.57. The van der Waals surface area contributed by atoms with E-state index in [1.165, 1.54) is 6.07 Å². The number of anilines is 1. The van der Waals surface area contributed by atoms with Gasteiger partial charge in [-0.2, -0.15) is 0 Å². The van der Waals surface area contributed by atoms with Gasteiger partial charge >= 0.3 is 0 Å². The van der Waals surface area contributed by atoms with Crippen LogP contribution in [0.25, 0.3) is 22.0 Å². The second-order valence-corrected chi connectivity index (χ2v) is 8.16. The molecule has 1 aromatic heterocycles. The van der Waals surface area contributed by atoms with E-state index in [1.807, 2.05) is 33.8 Å². The molecule has 3 aromatic rings. The van der Waals surface area contributed by atoms with E-state index in [0.29, 0.717) is 10.4 Å². The Bertz CT molecular complexity index is 1020. The minimum Gasteiger partial charge on any atom is -0.390 e. The van der Waals surface area contributed by atoms with Crippen molar-refractivity contribution >= 4 is 28.2 Å². The van der Waals surface area contributed by atoms with E-state index in [0.717, 1.165) is 33.5 Å². The van der Waals surface area contributed by atoms with Crippen LogP contribution in [0.3, 0.4) is 0 Å². The van der Waals surface area contributed by atoms with Gasteiger partial charge in [-0.15, -0.1) is 0 Å². The molecule has 136 valence electrons. The lowest BCUT2D eigenvalue weighted by Crippen LogP contribution is -2.50. The van der Waals surface area contributed by atoms with Crippen LogP contribution in [0, 0.1) is 12.7 Å². The summed E-state index contributed by atoms with van der Waals surface area (Å²) in [6.07, 6.45) is 1.16. The van der Waals surface area contributed by atoms with Gasteiger partial charge in [0.15, 0.2) is 0 Å². The van der Waals surface area contributed by atoms with Crippen molar-refractivity contribution in [3.63, 3.8) is 0 Å². The number of aliphatic hydroxyl groups is 1. The summed E-state index contributed by atoms with van der Waals surface area (Å²) in [5.74, 6) is -0.380. The number of benzene rings is 2. The molecule has 0 saturated carbocycles. The van der Waals surface area contributed by atoms with E-state index < -0.39 is 11.6 Å². The number of aromatic nitrogens is 1. The van der Waals surface area contributed by atoms with Crippen LogP contribution in [0.5, 0.6) is 0 Å². The Morgan fingerprint density at radius 1 is 1.19 bits per heavy atom. The maximum absolute atomic E-state index is 14.1. The summed E-state index contributed by atoms with van der Waals surface area (Å²) in [7, 11) is 0. The van der Waals surface area contributed by atoms with Crippen molar-refractivity contribution in [2.75, 3.05) is 5.32 Å². The SMILES string of the molecule is Cc1cc(-c2ccc(F)c3cc[nH]c23)c(Cl)c2c1NC(C)(C)[C@H](O)[C@H]2C. The highest BCUT2D eigenvalue weighted by Gasteiger charge is 2.40. The lowest BCUT2D eigenvalue weighted by Gasteiger charge is -2.43. The van der Waals surface area contributed by atoms with Gasteiger partial charge in [0.1, 0.15) is 5.82 Å². The summed E-state index contributed by atoms with van der Waals surface area (Å²) in [5, 5.41) is 15.3. The Balaban J connectivity index is 2.00. The molecular formula is C21H22ClFN2O. The van der Waals surface area contributed by atoms with Gasteiger partial charge in [-0.25, -0.2) is 4.39 Å². The molecule has 2 atom stereocenters. The van der Waals surface area contributed by atoms with Crippen LogP contribution < -0.4 is 5.32 Å². The fraction of sp³-hybridized carbons (Fsp3) is 0.333. The number of halogens is 2. The summed E-state index contributed by atoms with van der Waals surface area (Å²) in [5.41, 5.74) is 4.93. The van der Waals surface area contributed by atoms with E-state index in [2.05, 4.69) is 10.3 Å². The van der Waals surface area contributed by atoms with E-state index in [-0.39, 0.29) is 11.7 Å². The molecule has 1 aliphatic rings. The Morgan fingerprint density at radius 2 is 1.92 bits per heavy atom. The summed E-state index contributed by atoms with van der Waals surface area (Å²) >= 11 is 6.83. The third-order valence-corrected chi connectivity index (χ3v) is 5.98. The Labute approximate surface area is 157 Å². The first-order valence-electron chi connectivity index (χ1n) is 8.77. The molecule has 0 fully saturated rings.